The number of para-hydroxylation sites is 4. The molecule has 0 fully saturated rings. The fourth-order valence-corrected chi connectivity index (χ4v) is 5.48. The van der Waals surface area contributed by atoms with E-state index in [1.807, 2.05) is 0 Å². The van der Waals surface area contributed by atoms with E-state index in [0.717, 1.165) is 23.5 Å². The average Bonchev–Trinajstić information content (AvgIpc) is 3.64. The van der Waals surface area contributed by atoms with E-state index in [2.05, 4.69) is 17.5 Å². The molecule has 0 unspecified atom stereocenters. The maximum atomic E-state index is 16.3. The molecule has 14 heteroatoms. The van der Waals surface area contributed by atoms with Gasteiger partial charge in [0.25, 0.3) is 0 Å². The van der Waals surface area contributed by atoms with Gasteiger partial charge in [0.2, 0.25) is 0 Å². The van der Waals surface area contributed by atoms with Crippen LogP contribution < -0.4 is 24.9 Å². The summed E-state index contributed by atoms with van der Waals surface area (Å²) >= 11 is 1.65. The molecule has 7 rings (SSSR count). The highest BCUT2D eigenvalue weighted by Crippen LogP contribution is 2.36. The summed E-state index contributed by atoms with van der Waals surface area (Å²) < 4.78 is 66.7. The van der Waals surface area contributed by atoms with Crippen LogP contribution in [0, 0.1) is 11.6 Å². The molecule has 4 aromatic carbocycles. The van der Waals surface area contributed by atoms with Crippen molar-refractivity contribution in [2.45, 2.75) is 0 Å². The van der Waals surface area contributed by atoms with Crippen LogP contribution in [0.3, 0.4) is 0 Å². The van der Waals surface area contributed by atoms with Crippen molar-refractivity contribution >= 4 is 81.8 Å². The van der Waals surface area contributed by atoms with Crippen LogP contribution >= 0.6 is 23.5 Å². The first-order chi connectivity index (χ1) is 17.6. The zero-order chi connectivity index (χ0) is 24.4. The molecule has 0 aliphatic carbocycles. The van der Waals surface area contributed by atoms with Crippen LogP contribution in [0.5, 0.6) is 23.0 Å². The second-order valence-corrected chi connectivity index (χ2v) is 9.02. The summed E-state index contributed by atoms with van der Waals surface area (Å²) in [6.45, 7) is 0. The predicted molar refractivity (Wildman–Crippen MR) is 134 cm³/mol. The molecule has 6 aromatic rings. The second-order valence-electron chi connectivity index (χ2n) is 7.96. The van der Waals surface area contributed by atoms with Gasteiger partial charge >= 0.3 is 14.6 Å². The Morgan fingerprint density at radius 2 is 1.36 bits per heavy atom. The molecule has 36 heavy (non-hydrogen) atoms. The SMILES string of the molecule is Oc1ccccc1OBc1c(F)c2c3nsnc3c(B3Oc4ccccc4O3)c(F)c2c2nsnc12. The van der Waals surface area contributed by atoms with Gasteiger partial charge in [0.15, 0.2) is 5.75 Å². The third-order valence-corrected chi connectivity index (χ3v) is 7.03. The summed E-state index contributed by atoms with van der Waals surface area (Å²) in [5.74, 6) is -0.521. The summed E-state index contributed by atoms with van der Waals surface area (Å²) in [5.41, 5.74) is 0.689. The third-order valence-electron chi connectivity index (χ3n) is 5.97. The van der Waals surface area contributed by atoms with Crippen molar-refractivity contribution in [2.24, 2.45) is 0 Å². The van der Waals surface area contributed by atoms with Gasteiger partial charge in [-0.3, -0.25) is 0 Å². The highest BCUT2D eigenvalue weighted by Gasteiger charge is 2.41. The molecule has 2 aromatic heterocycles. The lowest BCUT2D eigenvalue weighted by Crippen LogP contribution is -2.42. The Labute approximate surface area is 210 Å². The molecule has 0 bridgehead atoms. The van der Waals surface area contributed by atoms with Crippen LogP contribution in [0.1, 0.15) is 0 Å². The Bertz CT molecular complexity index is 1810. The minimum absolute atomic E-state index is 0.00866. The number of hydrogen-bond donors (Lipinski definition) is 1. The first-order valence-electron chi connectivity index (χ1n) is 10.6. The Kier molecular flexibility index (Phi) is 4.73. The molecule has 0 atom stereocenters. The number of phenols is 1. The molecule has 0 amide bonds. The molecular weight excluding hydrogens is 508 g/mol. The van der Waals surface area contributed by atoms with Crippen LogP contribution in [-0.4, -0.2) is 37.2 Å². The number of phenolic OH excluding ortho intramolecular Hbond substituents is 1. The van der Waals surface area contributed by atoms with Crippen LogP contribution in [0.4, 0.5) is 8.78 Å². The molecule has 0 spiro atoms. The van der Waals surface area contributed by atoms with E-state index in [-0.39, 0.29) is 62.7 Å². The van der Waals surface area contributed by atoms with Crippen molar-refractivity contribution in [3.63, 3.8) is 0 Å². The topological polar surface area (TPSA) is 99.5 Å². The van der Waals surface area contributed by atoms with Gasteiger partial charge < -0.3 is 19.1 Å². The van der Waals surface area contributed by atoms with Crippen molar-refractivity contribution in [1.82, 2.24) is 17.5 Å². The average molecular weight is 518 g/mol. The number of rotatable bonds is 4. The summed E-state index contributed by atoms with van der Waals surface area (Å²) in [6, 6.07) is 13.3. The van der Waals surface area contributed by atoms with Crippen molar-refractivity contribution in [1.29, 1.82) is 0 Å². The van der Waals surface area contributed by atoms with Crippen LogP contribution in [0.25, 0.3) is 32.8 Å². The molecule has 8 nitrogen and oxygen atoms in total. The van der Waals surface area contributed by atoms with Gasteiger partial charge in [0.05, 0.1) is 39.7 Å². The Balaban J connectivity index is 1.44. The smallest absolute Gasteiger partial charge is 0.556 e. The Morgan fingerprint density at radius 1 is 0.778 bits per heavy atom. The normalized spacial score (nSPS) is 12.7. The zero-order valence-corrected chi connectivity index (χ0v) is 19.6. The van der Waals surface area contributed by atoms with E-state index in [1.165, 1.54) is 6.07 Å². The van der Waals surface area contributed by atoms with Gasteiger partial charge in [0, 0.05) is 5.46 Å². The lowest BCUT2D eigenvalue weighted by molar-refractivity contribution is 0.444. The third kappa shape index (κ3) is 3.04. The van der Waals surface area contributed by atoms with Crippen molar-refractivity contribution in [2.75, 3.05) is 0 Å². The largest absolute Gasteiger partial charge is 0.638 e. The minimum atomic E-state index is -1.13. The van der Waals surface area contributed by atoms with Crippen molar-refractivity contribution < 1.29 is 27.9 Å². The minimum Gasteiger partial charge on any atom is -0.556 e. The van der Waals surface area contributed by atoms with Crippen molar-refractivity contribution in [3.05, 3.63) is 60.2 Å². The number of hydrogen-bond acceptors (Lipinski definition) is 10. The van der Waals surface area contributed by atoms with Crippen LogP contribution in [0.2, 0.25) is 0 Å². The van der Waals surface area contributed by atoms with E-state index in [0.29, 0.717) is 11.5 Å². The number of aromatic nitrogens is 4. The van der Waals surface area contributed by atoms with Gasteiger partial charge in [0.1, 0.15) is 50.9 Å². The van der Waals surface area contributed by atoms with Gasteiger partial charge in [-0.15, -0.1) is 0 Å². The van der Waals surface area contributed by atoms with Crippen LogP contribution in [0.15, 0.2) is 48.5 Å². The molecule has 174 valence electrons. The summed E-state index contributed by atoms with van der Waals surface area (Å²) in [6.07, 6.45) is 0. The van der Waals surface area contributed by atoms with Gasteiger partial charge in [-0.1, -0.05) is 24.3 Å². The Morgan fingerprint density at radius 3 is 2.08 bits per heavy atom. The maximum absolute atomic E-state index is 16.3. The summed E-state index contributed by atoms with van der Waals surface area (Å²) in [5, 5.41) is 9.86. The van der Waals surface area contributed by atoms with Gasteiger partial charge in [-0.05, 0) is 24.3 Å². The first kappa shape index (κ1) is 21.3. The predicted octanol–water partition coefficient (Wildman–Crippen LogP) is 3.06. The van der Waals surface area contributed by atoms with E-state index in [9.17, 15) is 5.11 Å². The van der Waals surface area contributed by atoms with Gasteiger partial charge in [-0.2, -0.15) is 17.5 Å². The molecule has 0 radical (unpaired) electrons. The summed E-state index contributed by atoms with van der Waals surface area (Å²) in [7, 11) is -1.40. The fourth-order valence-electron chi connectivity index (χ4n) is 4.33. The second kappa shape index (κ2) is 8.00. The number of halogens is 2. The fraction of sp³-hybridized carbons (Fsp3) is 0. The monoisotopic (exact) mass is 518 g/mol. The van der Waals surface area contributed by atoms with E-state index >= 15 is 8.78 Å². The lowest BCUT2D eigenvalue weighted by Gasteiger charge is -2.13. The molecule has 0 saturated heterocycles. The van der Waals surface area contributed by atoms with E-state index in [1.54, 1.807) is 42.5 Å². The molecule has 1 aliphatic heterocycles. The first-order valence-corrected chi connectivity index (χ1v) is 12.1. The number of aromatic hydroxyl groups is 1. The van der Waals surface area contributed by atoms with Crippen LogP contribution in [-0.2, 0) is 0 Å². The van der Waals surface area contributed by atoms with Gasteiger partial charge in [-0.25, -0.2) is 8.78 Å². The quantitative estimate of drug-likeness (QED) is 0.356. The number of benzene rings is 4. The number of fused-ring (bicyclic) bond motifs is 6. The van der Waals surface area contributed by atoms with E-state index in [4.69, 9.17) is 14.0 Å². The number of nitrogens with zero attached hydrogens (tertiary/aromatic N) is 4. The standard InChI is InChI=1S/C22H10B2F2N4O4S2/c25-17-13-14(19-21(29-35-27-19)15(17)23-32-10-6-2-1-5-9(10)31)18(26)16(22-20(13)28-36-30-22)24-33-11-7-3-4-8-12(11)34-24/h1-8,23,31H. The van der Waals surface area contributed by atoms with E-state index < -0.39 is 18.8 Å². The Hall–Kier alpha value is -4.03. The summed E-state index contributed by atoms with van der Waals surface area (Å²) in [4.78, 5) is 0. The lowest BCUT2D eigenvalue weighted by atomic mass is 9.75. The zero-order valence-electron chi connectivity index (χ0n) is 17.9. The molecule has 0 saturated carbocycles. The molecular formula is C22H10B2F2N4O4S2. The maximum Gasteiger partial charge on any atom is 0.638 e. The molecule has 3 heterocycles. The highest BCUT2D eigenvalue weighted by molar-refractivity contribution is 7.00. The molecule has 1 N–H and O–H groups in total. The van der Waals surface area contributed by atoms with Crippen molar-refractivity contribution in [3.8, 4) is 23.0 Å². The molecule has 1 aliphatic rings. The highest BCUT2D eigenvalue weighted by atomic mass is 32.1.